The minimum absolute atomic E-state index is 0.655. The van der Waals surface area contributed by atoms with E-state index >= 15 is 0 Å². The van der Waals surface area contributed by atoms with Crippen molar-refractivity contribution in [2.45, 2.75) is 19.6 Å². The van der Waals surface area contributed by atoms with E-state index in [1.54, 1.807) is 0 Å². The largest absolute Gasteiger partial charge is 0.457 e. The number of benzene rings is 4. The molecular weight excluding hydrogens is 420 g/mol. The van der Waals surface area contributed by atoms with Crippen molar-refractivity contribution in [1.29, 1.82) is 0 Å². The van der Waals surface area contributed by atoms with Gasteiger partial charge in [-0.15, -0.1) is 0 Å². The average molecular weight is 451 g/mol. The van der Waals surface area contributed by atoms with Crippen molar-refractivity contribution in [1.82, 2.24) is 10.7 Å². The van der Waals surface area contributed by atoms with Gasteiger partial charge in [0.25, 0.3) is 0 Å². The fourth-order valence-electron chi connectivity index (χ4n) is 4.22. The highest BCUT2D eigenvalue weighted by Crippen LogP contribution is 2.32. The van der Waals surface area contributed by atoms with Crippen LogP contribution in [0.1, 0.15) is 16.7 Å². The normalized spacial score (nSPS) is 12.6. The molecule has 0 saturated carbocycles. The van der Waals surface area contributed by atoms with Crippen LogP contribution in [0.15, 0.2) is 97.1 Å². The molecule has 4 aromatic carbocycles. The second-order valence-electron chi connectivity index (χ2n) is 8.49. The molecule has 4 N–H and O–H groups in total. The van der Waals surface area contributed by atoms with Crippen LogP contribution < -0.4 is 26.2 Å². The van der Waals surface area contributed by atoms with Crippen LogP contribution in [0.5, 0.6) is 11.5 Å². The van der Waals surface area contributed by atoms with Crippen LogP contribution in [0.3, 0.4) is 0 Å². The lowest BCUT2D eigenvalue weighted by atomic mass is 10.0. The fraction of sp³-hybridized carbons (Fsp3) is 0.172. The lowest BCUT2D eigenvalue weighted by molar-refractivity contribution is 0.481. The van der Waals surface area contributed by atoms with Crippen LogP contribution in [0, 0.1) is 0 Å². The smallest absolute Gasteiger partial charge is 0.127 e. The molecule has 0 aliphatic carbocycles. The molecule has 1 aliphatic heterocycles. The molecule has 34 heavy (non-hydrogen) atoms. The molecule has 0 aromatic heterocycles. The maximum absolute atomic E-state index is 6.02. The number of fused-ring (bicyclic) bond motifs is 1. The number of nitrogens with one attached hydrogen (secondary N) is 2. The average Bonchev–Trinajstić information content (AvgIpc) is 3.27. The summed E-state index contributed by atoms with van der Waals surface area (Å²) in [6.07, 6.45) is 0. The van der Waals surface area contributed by atoms with E-state index in [0.29, 0.717) is 6.54 Å². The van der Waals surface area contributed by atoms with Crippen LogP contribution in [0.2, 0.25) is 0 Å². The summed E-state index contributed by atoms with van der Waals surface area (Å²) in [6.45, 7) is 3.92. The zero-order valence-electron chi connectivity index (χ0n) is 19.2. The van der Waals surface area contributed by atoms with Crippen molar-refractivity contribution < 1.29 is 4.74 Å². The number of nitrogens with two attached hydrogens (primary N) is 1. The van der Waals surface area contributed by atoms with E-state index < -0.39 is 0 Å². The predicted molar refractivity (Wildman–Crippen MR) is 139 cm³/mol. The van der Waals surface area contributed by atoms with Crippen molar-refractivity contribution in [3.63, 3.8) is 0 Å². The number of nitrogens with zero attached hydrogens (tertiary/aromatic N) is 1. The van der Waals surface area contributed by atoms with E-state index in [9.17, 15) is 0 Å². The summed E-state index contributed by atoms with van der Waals surface area (Å²) in [5, 5.41) is 5.57. The molecule has 0 amide bonds. The molecule has 0 saturated heterocycles. The topological polar surface area (TPSA) is 62.5 Å². The third kappa shape index (κ3) is 5.29. The summed E-state index contributed by atoms with van der Waals surface area (Å²) in [6, 6.07) is 33.6. The molecule has 172 valence electrons. The molecule has 0 unspecified atom stereocenters. The Labute approximate surface area is 201 Å². The van der Waals surface area contributed by atoms with Gasteiger partial charge < -0.3 is 20.8 Å². The van der Waals surface area contributed by atoms with Gasteiger partial charge in [0, 0.05) is 26.2 Å². The van der Waals surface area contributed by atoms with Gasteiger partial charge in [-0.3, -0.25) is 0 Å². The minimum Gasteiger partial charge on any atom is -0.457 e. The number of rotatable bonds is 9. The van der Waals surface area contributed by atoms with E-state index in [2.05, 4.69) is 70.3 Å². The van der Waals surface area contributed by atoms with Gasteiger partial charge in [0.05, 0.1) is 12.2 Å². The molecule has 0 atom stereocenters. The van der Waals surface area contributed by atoms with Gasteiger partial charge in [-0.2, -0.15) is 0 Å². The molecule has 5 rings (SSSR count). The highest BCUT2D eigenvalue weighted by atomic mass is 16.5. The minimum atomic E-state index is 0.655. The first-order valence-corrected chi connectivity index (χ1v) is 11.7. The lowest BCUT2D eigenvalue weighted by Crippen LogP contribution is -2.31. The van der Waals surface area contributed by atoms with E-state index in [1.165, 1.54) is 33.5 Å². The summed E-state index contributed by atoms with van der Waals surface area (Å²) < 4.78 is 6.02. The van der Waals surface area contributed by atoms with Gasteiger partial charge in [-0.1, -0.05) is 66.7 Å². The highest BCUT2D eigenvalue weighted by Gasteiger charge is 2.19. The number of hydrogen-bond acceptors (Lipinski definition) is 5. The Balaban J connectivity index is 1.30. The number of hydrazine groups is 1. The first-order chi connectivity index (χ1) is 16.8. The van der Waals surface area contributed by atoms with Crippen LogP contribution in [-0.2, 0) is 19.6 Å². The lowest BCUT2D eigenvalue weighted by Gasteiger charge is -2.20. The summed E-state index contributed by atoms with van der Waals surface area (Å²) in [7, 11) is 0. The molecule has 0 bridgehead atoms. The SMILES string of the molecule is NCCNCc1ccc(-c2ccc3c(c2)N(Cc2cccc(Oc4ccccc4)c2)NC3)cc1. The molecule has 4 aromatic rings. The van der Waals surface area contributed by atoms with Crippen molar-refractivity contribution in [2.75, 3.05) is 18.1 Å². The van der Waals surface area contributed by atoms with Gasteiger partial charge in [0.1, 0.15) is 11.5 Å². The molecule has 0 fully saturated rings. The summed E-state index contributed by atoms with van der Waals surface area (Å²) >= 11 is 0. The Kier molecular flexibility index (Phi) is 6.86. The van der Waals surface area contributed by atoms with Crippen LogP contribution in [0.25, 0.3) is 11.1 Å². The van der Waals surface area contributed by atoms with E-state index in [4.69, 9.17) is 10.5 Å². The first kappa shape index (κ1) is 22.2. The zero-order valence-corrected chi connectivity index (χ0v) is 19.2. The van der Waals surface area contributed by atoms with Gasteiger partial charge in [0.2, 0.25) is 0 Å². The van der Waals surface area contributed by atoms with Gasteiger partial charge >= 0.3 is 0 Å². The maximum Gasteiger partial charge on any atom is 0.127 e. The Morgan fingerprint density at radius 3 is 2.41 bits per heavy atom. The Morgan fingerprint density at radius 2 is 1.59 bits per heavy atom. The van der Waals surface area contributed by atoms with Crippen molar-refractivity contribution in [2.24, 2.45) is 5.73 Å². The number of para-hydroxylation sites is 1. The molecule has 0 spiro atoms. The Hall–Kier alpha value is -3.64. The molecule has 5 heteroatoms. The second kappa shape index (κ2) is 10.5. The first-order valence-electron chi connectivity index (χ1n) is 11.7. The van der Waals surface area contributed by atoms with E-state index in [1.807, 2.05) is 42.5 Å². The third-order valence-corrected chi connectivity index (χ3v) is 5.99. The summed E-state index contributed by atoms with van der Waals surface area (Å²) in [4.78, 5) is 0. The monoisotopic (exact) mass is 450 g/mol. The van der Waals surface area contributed by atoms with Crippen LogP contribution in [-0.4, -0.2) is 13.1 Å². The zero-order chi connectivity index (χ0) is 23.2. The molecular formula is C29H30N4O. The number of ether oxygens (including phenoxy) is 1. The Bertz CT molecular complexity index is 1220. The van der Waals surface area contributed by atoms with Gasteiger partial charge in [-0.05, 0) is 58.1 Å². The van der Waals surface area contributed by atoms with E-state index in [0.717, 1.165) is 37.7 Å². The van der Waals surface area contributed by atoms with Gasteiger partial charge in [-0.25, -0.2) is 5.43 Å². The van der Waals surface area contributed by atoms with Gasteiger partial charge in [0.15, 0.2) is 0 Å². The third-order valence-electron chi connectivity index (χ3n) is 5.99. The summed E-state index contributed by atoms with van der Waals surface area (Å²) in [5.41, 5.74) is 16.5. The second-order valence-corrected chi connectivity index (χ2v) is 8.49. The van der Waals surface area contributed by atoms with Crippen LogP contribution >= 0.6 is 0 Å². The quantitative estimate of drug-likeness (QED) is 0.305. The molecule has 0 radical (unpaired) electrons. The van der Waals surface area contributed by atoms with Crippen molar-refractivity contribution >= 4 is 5.69 Å². The van der Waals surface area contributed by atoms with Crippen molar-refractivity contribution in [3.05, 3.63) is 114 Å². The van der Waals surface area contributed by atoms with Crippen LogP contribution in [0.4, 0.5) is 5.69 Å². The molecule has 1 aliphatic rings. The molecule has 1 heterocycles. The van der Waals surface area contributed by atoms with E-state index in [-0.39, 0.29) is 0 Å². The predicted octanol–water partition coefficient (Wildman–Crippen LogP) is 5.22. The highest BCUT2D eigenvalue weighted by molar-refractivity contribution is 5.71. The number of hydrogen-bond donors (Lipinski definition) is 3. The Morgan fingerprint density at radius 1 is 0.794 bits per heavy atom. The summed E-state index contributed by atoms with van der Waals surface area (Å²) in [5.74, 6) is 1.69. The number of anilines is 1. The standard InChI is InChI=1S/C29H30N4O/c30-15-16-31-19-22-9-11-24(12-10-22)25-13-14-26-20-32-33(29(26)18-25)21-23-5-4-8-28(17-23)34-27-6-2-1-3-7-27/h1-14,17-18,31-32H,15-16,19-21,30H2. The van der Waals surface area contributed by atoms with Crippen molar-refractivity contribution in [3.8, 4) is 22.6 Å². The molecule has 5 nitrogen and oxygen atoms in total. The maximum atomic E-state index is 6.02. The fourth-order valence-corrected chi connectivity index (χ4v) is 4.22.